The van der Waals surface area contributed by atoms with Crippen molar-refractivity contribution in [2.24, 2.45) is 4.99 Å². The Morgan fingerprint density at radius 3 is 2.57 bits per heavy atom. The summed E-state index contributed by atoms with van der Waals surface area (Å²) in [4.78, 5) is 47.0. The maximum absolute atomic E-state index is 14.0. The van der Waals surface area contributed by atoms with E-state index in [9.17, 15) is 14.4 Å². The fraction of sp³-hybridized carbons (Fsp3) is 0.231. The van der Waals surface area contributed by atoms with Gasteiger partial charge in [-0.1, -0.05) is 66.3 Å². The molecule has 0 fully saturated rings. The molecule has 1 aromatic heterocycles. The molecule has 5 rings (SSSR count). The summed E-state index contributed by atoms with van der Waals surface area (Å²) < 4.78 is 6.78. The number of fused-ring (bicyclic) bond motifs is 2. The monoisotopic (exact) mass is 507 g/mol. The van der Waals surface area contributed by atoms with Crippen LogP contribution in [-0.4, -0.2) is 30.1 Å². The van der Waals surface area contributed by atoms with Crippen LogP contribution >= 0.6 is 22.9 Å². The second-order valence-electron chi connectivity index (χ2n) is 8.26. The van der Waals surface area contributed by atoms with E-state index in [1.165, 1.54) is 11.7 Å². The van der Waals surface area contributed by atoms with Gasteiger partial charge in [0.1, 0.15) is 10.6 Å². The molecule has 2 aliphatic heterocycles. The molecule has 0 saturated carbocycles. The lowest BCUT2D eigenvalue weighted by Crippen LogP contribution is -2.41. The standard InChI is InChI=1S/C26H22ClN3O4S/c1-4-13-29-18-12-8-6-10-16(18)20(23(29)31)22-24(32)30-21(15-9-5-7-11-17(15)27)19(25(33)34-3)14(2)28-26(30)35-22/h5-12,21H,4,13H2,1-3H3. The minimum Gasteiger partial charge on any atom is -0.466 e. The van der Waals surface area contributed by atoms with Gasteiger partial charge in [-0.3, -0.25) is 14.2 Å². The van der Waals surface area contributed by atoms with Gasteiger partial charge < -0.3 is 9.64 Å². The minimum atomic E-state index is -0.833. The number of carbonyl (C=O) groups excluding carboxylic acids is 2. The predicted molar refractivity (Wildman–Crippen MR) is 135 cm³/mol. The molecule has 178 valence electrons. The Labute approximate surface area is 210 Å². The molecular formula is C26H22ClN3O4S. The van der Waals surface area contributed by atoms with Gasteiger partial charge in [0.25, 0.3) is 11.5 Å². The number of amides is 1. The van der Waals surface area contributed by atoms with Crippen molar-refractivity contribution in [3.8, 4) is 0 Å². The zero-order valence-electron chi connectivity index (χ0n) is 19.4. The second kappa shape index (κ2) is 8.94. The van der Waals surface area contributed by atoms with Crippen molar-refractivity contribution in [1.29, 1.82) is 0 Å². The van der Waals surface area contributed by atoms with Crippen LogP contribution in [0.1, 0.15) is 37.4 Å². The van der Waals surface area contributed by atoms with Crippen molar-refractivity contribution < 1.29 is 14.3 Å². The molecular weight excluding hydrogens is 486 g/mol. The van der Waals surface area contributed by atoms with E-state index >= 15 is 0 Å². The van der Waals surface area contributed by atoms with Gasteiger partial charge in [-0.2, -0.15) is 0 Å². The Bertz CT molecular complexity index is 1600. The summed E-state index contributed by atoms with van der Waals surface area (Å²) in [5.41, 5.74) is 2.71. The molecule has 1 unspecified atom stereocenters. The average Bonchev–Trinajstić information content (AvgIpc) is 3.31. The number of benzene rings is 2. The quantitative estimate of drug-likeness (QED) is 0.508. The van der Waals surface area contributed by atoms with Crippen molar-refractivity contribution in [3.63, 3.8) is 0 Å². The van der Waals surface area contributed by atoms with Crippen LogP contribution in [0.3, 0.4) is 0 Å². The van der Waals surface area contributed by atoms with E-state index in [1.807, 2.05) is 31.2 Å². The summed E-state index contributed by atoms with van der Waals surface area (Å²) in [6.45, 7) is 4.25. The third-order valence-electron chi connectivity index (χ3n) is 6.20. The highest BCUT2D eigenvalue weighted by Crippen LogP contribution is 2.36. The van der Waals surface area contributed by atoms with Crippen molar-refractivity contribution >= 4 is 46.1 Å². The van der Waals surface area contributed by atoms with Crippen LogP contribution in [-0.2, 0) is 14.3 Å². The number of esters is 1. The topological polar surface area (TPSA) is 81.0 Å². The first-order chi connectivity index (χ1) is 16.9. The zero-order chi connectivity index (χ0) is 24.9. The molecule has 0 radical (unpaired) electrons. The molecule has 3 aromatic rings. The van der Waals surface area contributed by atoms with Gasteiger partial charge >= 0.3 is 5.97 Å². The van der Waals surface area contributed by atoms with Crippen LogP contribution in [0.25, 0.3) is 5.57 Å². The van der Waals surface area contributed by atoms with Gasteiger partial charge in [0.2, 0.25) is 0 Å². The Hall–Kier alpha value is -3.49. The lowest BCUT2D eigenvalue weighted by molar-refractivity contribution is -0.136. The molecule has 0 aliphatic carbocycles. The van der Waals surface area contributed by atoms with E-state index in [2.05, 4.69) is 4.99 Å². The largest absolute Gasteiger partial charge is 0.466 e. The molecule has 2 aromatic carbocycles. The van der Waals surface area contributed by atoms with Gasteiger partial charge in [0.15, 0.2) is 4.80 Å². The van der Waals surface area contributed by atoms with Gasteiger partial charge in [-0.25, -0.2) is 9.79 Å². The molecule has 1 atom stereocenters. The average molecular weight is 508 g/mol. The number of aromatic nitrogens is 1. The lowest BCUT2D eigenvalue weighted by atomic mass is 9.96. The Kier molecular flexibility index (Phi) is 5.94. The van der Waals surface area contributed by atoms with Gasteiger partial charge in [-0.15, -0.1) is 0 Å². The number of hydrogen-bond donors (Lipinski definition) is 0. The SMILES string of the molecule is CCCN1C(=O)C(=c2sc3n(c2=O)C(c2ccccc2Cl)C(C(=O)OC)=C(C)N=3)c2ccccc21. The number of hydrogen-bond acceptors (Lipinski definition) is 6. The maximum atomic E-state index is 14.0. The van der Waals surface area contributed by atoms with Gasteiger partial charge in [0.05, 0.1) is 29.6 Å². The first kappa shape index (κ1) is 23.3. The van der Waals surface area contributed by atoms with E-state index in [1.54, 1.807) is 36.1 Å². The summed E-state index contributed by atoms with van der Waals surface area (Å²) in [5, 5.41) is 0.406. The smallest absolute Gasteiger partial charge is 0.338 e. The fourth-order valence-electron chi connectivity index (χ4n) is 4.68. The van der Waals surface area contributed by atoms with Crippen LogP contribution in [0.4, 0.5) is 5.69 Å². The number of carbonyl (C=O) groups is 2. The summed E-state index contributed by atoms with van der Waals surface area (Å²) in [7, 11) is 1.29. The number of methoxy groups -OCH3 is 1. The number of ether oxygens (including phenoxy) is 1. The molecule has 0 spiro atoms. The lowest BCUT2D eigenvalue weighted by Gasteiger charge is -2.25. The number of halogens is 1. The summed E-state index contributed by atoms with van der Waals surface area (Å²) in [5.74, 6) is -0.804. The molecule has 9 heteroatoms. The highest BCUT2D eigenvalue weighted by atomic mass is 35.5. The number of nitrogens with zero attached hydrogens (tertiary/aromatic N) is 3. The minimum absolute atomic E-state index is 0.212. The molecule has 3 heterocycles. The zero-order valence-corrected chi connectivity index (χ0v) is 20.9. The molecule has 7 nitrogen and oxygen atoms in total. The number of thiazole rings is 1. The van der Waals surface area contributed by atoms with Crippen molar-refractivity contribution in [3.05, 3.63) is 95.6 Å². The van der Waals surface area contributed by atoms with Gasteiger partial charge in [0, 0.05) is 17.1 Å². The molecule has 0 bridgehead atoms. The highest BCUT2D eigenvalue weighted by Gasteiger charge is 2.37. The van der Waals surface area contributed by atoms with Crippen LogP contribution in [0, 0.1) is 0 Å². The number of anilines is 1. The molecule has 0 saturated heterocycles. The van der Waals surface area contributed by atoms with E-state index < -0.39 is 17.6 Å². The van der Waals surface area contributed by atoms with Crippen LogP contribution in [0.5, 0.6) is 0 Å². The van der Waals surface area contributed by atoms with Crippen LogP contribution < -0.4 is 19.8 Å². The first-order valence-corrected chi connectivity index (χ1v) is 12.4. The maximum Gasteiger partial charge on any atom is 0.338 e. The number of para-hydroxylation sites is 1. The van der Waals surface area contributed by atoms with Crippen LogP contribution in [0.15, 0.2) is 69.6 Å². The first-order valence-electron chi connectivity index (χ1n) is 11.2. The molecule has 0 N–H and O–H groups in total. The fourth-order valence-corrected chi connectivity index (χ4v) is 6.06. The second-order valence-corrected chi connectivity index (χ2v) is 9.65. The third kappa shape index (κ3) is 3.56. The molecule has 2 aliphatic rings. The predicted octanol–water partition coefficient (Wildman–Crippen LogP) is 3.19. The van der Waals surface area contributed by atoms with Crippen molar-refractivity contribution in [2.75, 3.05) is 18.6 Å². The van der Waals surface area contributed by atoms with Crippen molar-refractivity contribution in [2.45, 2.75) is 26.3 Å². The van der Waals surface area contributed by atoms with Crippen LogP contribution in [0.2, 0.25) is 5.02 Å². The van der Waals surface area contributed by atoms with E-state index in [4.69, 9.17) is 16.3 Å². The summed E-state index contributed by atoms with van der Waals surface area (Å²) in [6.07, 6.45) is 0.781. The van der Waals surface area contributed by atoms with Gasteiger partial charge in [-0.05, 0) is 31.0 Å². The Balaban J connectivity index is 1.85. The number of rotatable bonds is 4. The normalized spacial score (nSPS) is 18.3. The Morgan fingerprint density at radius 1 is 1.14 bits per heavy atom. The van der Waals surface area contributed by atoms with E-state index in [0.717, 1.165) is 29.0 Å². The highest BCUT2D eigenvalue weighted by molar-refractivity contribution is 7.07. The summed E-state index contributed by atoms with van der Waals surface area (Å²) in [6, 6.07) is 13.7. The van der Waals surface area contributed by atoms with Crippen molar-refractivity contribution in [1.82, 2.24) is 4.57 Å². The molecule has 1 amide bonds. The third-order valence-corrected chi connectivity index (χ3v) is 7.60. The Morgan fingerprint density at radius 2 is 1.86 bits per heavy atom. The summed E-state index contributed by atoms with van der Waals surface area (Å²) >= 11 is 7.68. The number of allylic oxidation sites excluding steroid dienone is 1. The van der Waals surface area contributed by atoms with E-state index in [0.29, 0.717) is 33.2 Å². The van der Waals surface area contributed by atoms with E-state index in [-0.39, 0.29) is 16.0 Å². The molecule has 35 heavy (non-hydrogen) atoms.